The molecule has 0 saturated heterocycles. The molecule has 35 heavy (non-hydrogen) atoms. The fraction of sp³-hybridized carbons (Fsp3) is 0.440. The zero-order valence-corrected chi connectivity index (χ0v) is 21.6. The predicted molar refractivity (Wildman–Crippen MR) is 134 cm³/mol. The summed E-state index contributed by atoms with van der Waals surface area (Å²) in [6.07, 6.45) is 1.31. The van der Waals surface area contributed by atoms with Gasteiger partial charge in [0, 0.05) is 13.1 Å². The van der Waals surface area contributed by atoms with Gasteiger partial charge < -0.3 is 15.0 Å². The summed E-state index contributed by atoms with van der Waals surface area (Å²) in [7, 11) is -2.32. The number of hydrogen-bond acceptors (Lipinski definition) is 5. The second kappa shape index (κ2) is 12.5. The summed E-state index contributed by atoms with van der Waals surface area (Å²) in [6.45, 7) is 5.74. The lowest BCUT2D eigenvalue weighted by Crippen LogP contribution is -2.52. The Morgan fingerprint density at radius 1 is 1.06 bits per heavy atom. The summed E-state index contributed by atoms with van der Waals surface area (Å²) in [5.41, 5.74) is 0.908. The van der Waals surface area contributed by atoms with Crippen LogP contribution >= 0.6 is 0 Å². The van der Waals surface area contributed by atoms with Crippen molar-refractivity contribution in [3.8, 4) is 5.75 Å². The highest BCUT2D eigenvalue weighted by Gasteiger charge is 2.31. The van der Waals surface area contributed by atoms with Crippen LogP contribution in [0.3, 0.4) is 0 Å². The first-order valence-corrected chi connectivity index (χ1v) is 13.2. The Hall–Kier alpha value is -3.14. The third-order valence-corrected chi connectivity index (χ3v) is 6.52. The van der Waals surface area contributed by atoms with Crippen LogP contribution in [0, 0.1) is 11.7 Å². The van der Waals surface area contributed by atoms with Crippen LogP contribution in [0.5, 0.6) is 5.75 Å². The van der Waals surface area contributed by atoms with Crippen LogP contribution in [0.2, 0.25) is 0 Å². The Morgan fingerprint density at radius 3 is 2.14 bits per heavy atom. The highest BCUT2D eigenvalue weighted by molar-refractivity contribution is 7.92. The minimum absolute atomic E-state index is 0.0947. The van der Waals surface area contributed by atoms with Crippen LogP contribution in [0.4, 0.5) is 10.1 Å². The van der Waals surface area contributed by atoms with Gasteiger partial charge in [-0.3, -0.25) is 13.9 Å². The van der Waals surface area contributed by atoms with Crippen molar-refractivity contribution in [2.24, 2.45) is 5.92 Å². The Balaban J connectivity index is 2.40. The van der Waals surface area contributed by atoms with Gasteiger partial charge in [0.25, 0.3) is 0 Å². The number of hydrogen-bond donors (Lipinski definition) is 1. The van der Waals surface area contributed by atoms with Crippen LogP contribution in [0.1, 0.15) is 32.8 Å². The minimum atomic E-state index is -3.87. The Bertz CT molecular complexity index is 1090. The van der Waals surface area contributed by atoms with Crippen LogP contribution in [-0.2, 0) is 26.2 Å². The summed E-state index contributed by atoms with van der Waals surface area (Å²) >= 11 is 0. The number of amides is 2. The number of carbonyl (C=O) groups excluding carboxylic acids is 2. The number of nitrogens with one attached hydrogen (secondary N) is 1. The lowest BCUT2D eigenvalue weighted by atomic mass is 10.1. The number of nitrogens with zero attached hydrogens (tertiary/aromatic N) is 2. The molecule has 0 saturated carbocycles. The number of sulfonamides is 1. The van der Waals surface area contributed by atoms with Crippen molar-refractivity contribution in [2.45, 2.75) is 39.8 Å². The Morgan fingerprint density at radius 2 is 1.66 bits per heavy atom. The quantitative estimate of drug-likeness (QED) is 0.476. The SMILES string of the molecule is CC[C@@H](C(=O)NCC(C)C)N(Cc1ccc(OC)cc1)C(=O)CN(c1ccc(F)cc1)S(C)(=O)=O. The number of anilines is 1. The molecule has 2 aromatic rings. The average molecular weight is 508 g/mol. The lowest BCUT2D eigenvalue weighted by Gasteiger charge is -2.33. The molecule has 0 bridgehead atoms. The van der Waals surface area contributed by atoms with E-state index in [2.05, 4.69) is 5.32 Å². The highest BCUT2D eigenvalue weighted by atomic mass is 32.2. The minimum Gasteiger partial charge on any atom is -0.497 e. The molecule has 0 aliphatic heterocycles. The van der Waals surface area contributed by atoms with Gasteiger partial charge >= 0.3 is 0 Å². The number of rotatable bonds is 12. The van der Waals surface area contributed by atoms with Crippen molar-refractivity contribution in [3.63, 3.8) is 0 Å². The maximum atomic E-state index is 13.6. The maximum absolute atomic E-state index is 13.6. The normalized spacial score (nSPS) is 12.2. The van der Waals surface area contributed by atoms with Gasteiger partial charge in [-0.15, -0.1) is 0 Å². The molecule has 0 aliphatic rings. The lowest BCUT2D eigenvalue weighted by molar-refractivity contribution is -0.140. The van der Waals surface area contributed by atoms with Gasteiger partial charge in [0.2, 0.25) is 21.8 Å². The van der Waals surface area contributed by atoms with E-state index in [1.165, 1.54) is 17.0 Å². The molecule has 0 aromatic heterocycles. The number of benzene rings is 2. The summed E-state index contributed by atoms with van der Waals surface area (Å²) in [5.74, 6) is -0.519. The third kappa shape index (κ3) is 8.24. The second-order valence-corrected chi connectivity index (χ2v) is 10.6. The van der Waals surface area contributed by atoms with Crippen molar-refractivity contribution in [1.82, 2.24) is 10.2 Å². The molecule has 1 N–H and O–H groups in total. The molecular weight excluding hydrogens is 473 g/mol. The monoisotopic (exact) mass is 507 g/mol. The number of halogens is 1. The summed E-state index contributed by atoms with van der Waals surface area (Å²) < 4.78 is 44.5. The summed E-state index contributed by atoms with van der Waals surface area (Å²) in [4.78, 5) is 27.9. The fourth-order valence-corrected chi connectivity index (χ4v) is 4.34. The molecule has 1 atom stereocenters. The molecule has 2 aromatic carbocycles. The first-order chi connectivity index (χ1) is 16.5. The van der Waals surface area contributed by atoms with E-state index in [4.69, 9.17) is 4.74 Å². The van der Waals surface area contributed by atoms with E-state index in [1.54, 1.807) is 38.3 Å². The van der Waals surface area contributed by atoms with Gasteiger partial charge in [-0.2, -0.15) is 0 Å². The van der Waals surface area contributed by atoms with E-state index < -0.39 is 34.3 Å². The molecule has 2 amide bonds. The van der Waals surface area contributed by atoms with Crippen LogP contribution in [0.25, 0.3) is 0 Å². The standard InChI is InChI=1S/C25H34FN3O5S/c1-6-23(25(31)27-15-18(2)3)28(16-19-7-13-22(34-4)14-8-19)24(30)17-29(35(5,32)33)21-11-9-20(26)10-12-21/h7-14,18,23H,6,15-17H2,1-5H3,(H,27,31)/t23-/m0/s1. The number of methoxy groups -OCH3 is 1. The Kier molecular flexibility index (Phi) is 10.1. The zero-order valence-electron chi connectivity index (χ0n) is 20.8. The zero-order chi connectivity index (χ0) is 26.2. The number of carbonyl (C=O) groups is 2. The van der Waals surface area contributed by atoms with Crippen molar-refractivity contribution in [1.29, 1.82) is 0 Å². The molecule has 0 radical (unpaired) electrons. The molecule has 0 fully saturated rings. The first-order valence-electron chi connectivity index (χ1n) is 11.4. The molecule has 10 heteroatoms. The van der Waals surface area contributed by atoms with Crippen LogP contribution < -0.4 is 14.4 Å². The molecule has 0 heterocycles. The largest absolute Gasteiger partial charge is 0.497 e. The van der Waals surface area contributed by atoms with Crippen molar-refractivity contribution in [2.75, 3.05) is 30.8 Å². The highest BCUT2D eigenvalue weighted by Crippen LogP contribution is 2.21. The summed E-state index contributed by atoms with van der Waals surface area (Å²) in [6, 6.07) is 11.1. The average Bonchev–Trinajstić information content (AvgIpc) is 2.81. The number of ether oxygens (including phenoxy) is 1. The van der Waals surface area contributed by atoms with Crippen molar-refractivity contribution >= 4 is 27.5 Å². The molecule has 0 unspecified atom stereocenters. The van der Waals surface area contributed by atoms with Crippen LogP contribution in [-0.4, -0.2) is 57.6 Å². The van der Waals surface area contributed by atoms with Gasteiger partial charge in [-0.1, -0.05) is 32.9 Å². The van der Waals surface area contributed by atoms with E-state index in [0.717, 1.165) is 28.3 Å². The van der Waals surface area contributed by atoms with E-state index >= 15 is 0 Å². The van der Waals surface area contributed by atoms with Gasteiger partial charge in [0.15, 0.2) is 0 Å². The molecule has 8 nitrogen and oxygen atoms in total. The van der Waals surface area contributed by atoms with Crippen LogP contribution in [0.15, 0.2) is 48.5 Å². The molecule has 2 rings (SSSR count). The molecule has 0 aliphatic carbocycles. The summed E-state index contributed by atoms with van der Waals surface area (Å²) in [5, 5.41) is 2.87. The molecular formula is C25H34FN3O5S. The van der Waals surface area contributed by atoms with Gasteiger partial charge in [-0.05, 0) is 54.3 Å². The smallest absolute Gasteiger partial charge is 0.244 e. The third-order valence-electron chi connectivity index (χ3n) is 5.38. The van der Waals surface area contributed by atoms with E-state index in [0.29, 0.717) is 18.7 Å². The second-order valence-electron chi connectivity index (χ2n) is 8.68. The fourth-order valence-electron chi connectivity index (χ4n) is 3.49. The van der Waals surface area contributed by atoms with E-state index in [9.17, 15) is 22.4 Å². The van der Waals surface area contributed by atoms with E-state index in [-0.39, 0.29) is 24.1 Å². The molecule has 0 spiro atoms. The predicted octanol–water partition coefficient (Wildman–Crippen LogP) is 3.18. The molecule has 192 valence electrons. The Labute approximate surface area is 207 Å². The van der Waals surface area contributed by atoms with Crippen molar-refractivity contribution < 1.29 is 27.1 Å². The first kappa shape index (κ1) is 28.1. The maximum Gasteiger partial charge on any atom is 0.244 e. The van der Waals surface area contributed by atoms with Gasteiger partial charge in [0.05, 0.1) is 19.1 Å². The topological polar surface area (TPSA) is 96.0 Å². The van der Waals surface area contributed by atoms with Crippen molar-refractivity contribution in [3.05, 3.63) is 59.9 Å². The van der Waals surface area contributed by atoms with E-state index in [1.807, 2.05) is 13.8 Å². The van der Waals surface area contributed by atoms with Gasteiger partial charge in [0.1, 0.15) is 24.2 Å². The van der Waals surface area contributed by atoms with Gasteiger partial charge in [-0.25, -0.2) is 12.8 Å².